The van der Waals surface area contributed by atoms with Crippen LogP contribution in [0.2, 0.25) is 0 Å². The van der Waals surface area contributed by atoms with Gasteiger partial charge in [0.2, 0.25) is 0 Å². The summed E-state index contributed by atoms with van der Waals surface area (Å²) in [5, 5.41) is 20.9. The van der Waals surface area contributed by atoms with E-state index in [2.05, 4.69) is 20.1 Å². The highest BCUT2D eigenvalue weighted by Crippen LogP contribution is 2.34. The van der Waals surface area contributed by atoms with Crippen LogP contribution in [0.1, 0.15) is 28.4 Å². The lowest BCUT2D eigenvalue weighted by Crippen LogP contribution is -2.18. The van der Waals surface area contributed by atoms with Crippen molar-refractivity contribution < 1.29 is 9.47 Å². The maximum absolute atomic E-state index is 12.7. The van der Waals surface area contributed by atoms with Crippen LogP contribution in [0.3, 0.4) is 0 Å². The largest absolute Gasteiger partial charge is 0.493 e. The van der Waals surface area contributed by atoms with Gasteiger partial charge in [0, 0.05) is 23.9 Å². The summed E-state index contributed by atoms with van der Waals surface area (Å²) < 4.78 is 12.0. The van der Waals surface area contributed by atoms with E-state index in [-0.39, 0.29) is 24.3 Å². The fourth-order valence-electron chi connectivity index (χ4n) is 3.59. The van der Waals surface area contributed by atoms with Gasteiger partial charge in [-0.25, -0.2) is 14.8 Å². The SMILES string of the molecule is COc1cc(C(Cc2ccc(C(=N)N)cc2)c2nn(-c3ncccn3)c(=O)[nH]2)ccc1OCC#N. The van der Waals surface area contributed by atoms with E-state index in [9.17, 15) is 4.79 Å². The van der Waals surface area contributed by atoms with E-state index in [0.29, 0.717) is 29.3 Å². The van der Waals surface area contributed by atoms with E-state index in [1.54, 1.807) is 30.3 Å². The summed E-state index contributed by atoms with van der Waals surface area (Å²) in [4.78, 5) is 23.7. The molecule has 4 N–H and O–H groups in total. The number of rotatable bonds is 9. The van der Waals surface area contributed by atoms with Crippen molar-refractivity contribution in [3.8, 4) is 23.5 Å². The lowest BCUT2D eigenvalue weighted by molar-refractivity contribution is 0.329. The number of benzene rings is 2. The monoisotopic (exact) mass is 470 g/mol. The van der Waals surface area contributed by atoms with E-state index in [1.165, 1.54) is 19.5 Å². The molecule has 35 heavy (non-hydrogen) atoms. The van der Waals surface area contributed by atoms with Gasteiger partial charge >= 0.3 is 5.69 Å². The smallest absolute Gasteiger partial charge is 0.350 e. The van der Waals surface area contributed by atoms with Crippen molar-refractivity contribution in [2.75, 3.05) is 13.7 Å². The lowest BCUT2D eigenvalue weighted by Gasteiger charge is -2.17. The first-order valence-corrected chi connectivity index (χ1v) is 10.6. The molecule has 0 saturated heterocycles. The summed E-state index contributed by atoms with van der Waals surface area (Å²) >= 11 is 0. The molecule has 4 rings (SSSR count). The Balaban J connectivity index is 1.76. The minimum atomic E-state index is -0.468. The topological polar surface area (TPSA) is 169 Å². The second-order valence-corrected chi connectivity index (χ2v) is 7.50. The number of H-pyrrole nitrogens is 1. The van der Waals surface area contributed by atoms with Crippen LogP contribution in [-0.4, -0.2) is 44.3 Å². The summed E-state index contributed by atoms with van der Waals surface area (Å²) in [5.74, 6) is 1.04. The minimum absolute atomic E-state index is 0.0169. The zero-order valence-electron chi connectivity index (χ0n) is 18.8. The molecule has 0 amide bonds. The first-order chi connectivity index (χ1) is 17.0. The quantitative estimate of drug-likeness (QED) is 0.246. The molecule has 2 aromatic heterocycles. The third kappa shape index (κ3) is 5.17. The van der Waals surface area contributed by atoms with Gasteiger partial charge in [-0.15, -0.1) is 9.78 Å². The van der Waals surface area contributed by atoms with Gasteiger partial charge in [-0.2, -0.15) is 5.26 Å². The molecule has 1 atom stereocenters. The van der Waals surface area contributed by atoms with Crippen molar-refractivity contribution in [2.45, 2.75) is 12.3 Å². The highest BCUT2D eigenvalue weighted by molar-refractivity contribution is 5.94. The van der Waals surface area contributed by atoms with Crippen LogP contribution in [0.15, 0.2) is 65.7 Å². The standard InChI is InChI=1S/C24H22N8O3/c1-34-20-14-17(7-8-19(20)35-12-9-25)18(13-15-3-5-16(6-4-15)21(26)27)22-30-24(33)32(31-22)23-28-10-2-11-29-23/h2-8,10-11,14,18H,12-13H2,1H3,(H3,26,27)(H,30,31,33). The molecule has 4 aromatic rings. The molecule has 0 bridgehead atoms. The molecule has 0 radical (unpaired) electrons. The van der Waals surface area contributed by atoms with E-state index < -0.39 is 5.69 Å². The van der Waals surface area contributed by atoms with Gasteiger partial charge in [-0.3, -0.25) is 10.4 Å². The first-order valence-electron chi connectivity index (χ1n) is 10.6. The Morgan fingerprint density at radius 2 is 1.94 bits per heavy atom. The zero-order chi connectivity index (χ0) is 24.8. The molecule has 0 aliphatic rings. The molecule has 2 aromatic carbocycles. The van der Waals surface area contributed by atoms with Gasteiger partial charge < -0.3 is 15.2 Å². The van der Waals surface area contributed by atoms with Crippen LogP contribution in [-0.2, 0) is 6.42 Å². The first kappa shape index (κ1) is 23.2. The van der Waals surface area contributed by atoms with E-state index in [0.717, 1.165) is 15.8 Å². The number of nitrogens with zero attached hydrogens (tertiary/aromatic N) is 5. The average molecular weight is 470 g/mol. The Morgan fingerprint density at radius 1 is 1.20 bits per heavy atom. The van der Waals surface area contributed by atoms with Crippen LogP contribution in [0.25, 0.3) is 5.95 Å². The van der Waals surface area contributed by atoms with Crippen molar-refractivity contribution in [3.63, 3.8) is 0 Å². The van der Waals surface area contributed by atoms with Gasteiger partial charge in [-0.05, 0) is 35.7 Å². The highest BCUT2D eigenvalue weighted by atomic mass is 16.5. The Kier molecular flexibility index (Phi) is 6.83. The number of hydrogen-bond acceptors (Lipinski definition) is 8. The maximum Gasteiger partial charge on any atom is 0.350 e. The molecular weight excluding hydrogens is 448 g/mol. The van der Waals surface area contributed by atoms with Gasteiger partial charge in [0.1, 0.15) is 17.7 Å². The third-order valence-electron chi connectivity index (χ3n) is 5.29. The Labute approximate surface area is 200 Å². The molecule has 0 saturated carbocycles. The van der Waals surface area contributed by atoms with Crippen LogP contribution < -0.4 is 20.9 Å². The van der Waals surface area contributed by atoms with Gasteiger partial charge in [0.15, 0.2) is 18.1 Å². The molecule has 0 aliphatic heterocycles. The second-order valence-electron chi connectivity index (χ2n) is 7.50. The lowest BCUT2D eigenvalue weighted by atomic mass is 9.90. The van der Waals surface area contributed by atoms with Crippen molar-refractivity contribution in [3.05, 3.63) is 93.9 Å². The fraction of sp³-hybridized carbons (Fsp3) is 0.167. The van der Waals surface area contributed by atoms with Crippen molar-refractivity contribution in [1.29, 1.82) is 10.7 Å². The number of ether oxygens (including phenoxy) is 2. The zero-order valence-corrected chi connectivity index (χ0v) is 18.8. The van der Waals surface area contributed by atoms with Crippen molar-refractivity contribution in [1.82, 2.24) is 24.7 Å². The van der Waals surface area contributed by atoms with Crippen LogP contribution in [0, 0.1) is 16.7 Å². The Hall–Kier alpha value is -4.98. The number of nitriles is 1. The minimum Gasteiger partial charge on any atom is -0.493 e. The molecule has 11 nitrogen and oxygen atoms in total. The molecule has 2 heterocycles. The number of nitrogens with two attached hydrogens (primary N) is 1. The predicted molar refractivity (Wildman–Crippen MR) is 127 cm³/mol. The number of nitrogen functional groups attached to an aromatic ring is 1. The number of nitrogens with one attached hydrogen (secondary N) is 2. The molecular formula is C24H22N8O3. The third-order valence-corrected chi connectivity index (χ3v) is 5.29. The number of amidine groups is 1. The predicted octanol–water partition coefficient (Wildman–Crippen LogP) is 1.92. The molecule has 176 valence electrons. The normalized spacial score (nSPS) is 11.4. The molecule has 0 fully saturated rings. The number of methoxy groups -OCH3 is 1. The number of aromatic amines is 1. The number of aromatic nitrogens is 5. The summed E-state index contributed by atoms with van der Waals surface area (Å²) in [6, 6.07) is 16.2. The van der Waals surface area contributed by atoms with E-state index in [4.69, 9.17) is 25.9 Å². The van der Waals surface area contributed by atoms with Crippen LogP contribution >= 0.6 is 0 Å². The van der Waals surface area contributed by atoms with Crippen LogP contribution in [0.4, 0.5) is 0 Å². The number of hydrogen-bond donors (Lipinski definition) is 3. The summed E-state index contributed by atoms with van der Waals surface area (Å²) in [5.41, 5.74) is 7.47. The average Bonchev–Trinajstić information content (AvgIpc) is 3.27. The summed E-state index contributed by atoms with van der Waals surface area (Å²) in [7, 11) is 1.51. The molecule has 1 unspecified atom stereocenters. The van der Waals surface area contributed by atoms with E-state index >= 15 is 0 Å². The molecule has 0 aliphatic carbocycles. The van der Waals surface area contributed by atoms with Crippen LogP contribution in [0.5, 0.6) is 11.5 Å². The second kappa shape index (κ2) is 10.3. The Bertz CT molecular complexity index is 1420. The summed E-state index contributed by atoms with van der Waals surface area (Å²) in [6.07, 6.45) is 3.53. The maximum atomic E-state index is 12.7. The van der Waals surface area contributed by atoms with Gasteiger partial charge in [0.05, 0.1) is 7.11 Å². The fourth-order valence-corrected chi connectivity index (χ4v) is 3.59. The summed E-state index contributed by atoms with van der Waals surface area (Å²) in [6.45, 7) is -0.115. The van der Waals surface area contributed by atoms with Crippen molar-refractivity contribution >= 4 is 5.84 Å². The van der Waals surface area contributed by atoms with Crippen molar-refractivity contribution in [2.24, 2.45) is 5.73 Å². The Morgan fingerprint density at radius 3 is 2.60 bits per heavy atom. The van der Waals surface area contributed by atoms with E-state index in [1.807, 2.05) is 24.3 Å². The van der Waals surface area contributed by atoms with Gasteiger partial charge in [-0.1, -0.05) is 30.3 Å². The molecule has 0 spiro atoms. The molecule has 11 heteroatoms. The highest BCUT2D eigenvalue weighted by Gasteiger charge is 2.23. The van der Waals surface area contributed by atoms with Gasteiger partial charge in [0.25, 0.3) is 5.95 Å².